The second-order valence-electron chi connectivity index (χ2n) is 3.41. The van der Waals surface area contributed by atoms with E-state index in [4.69, 9.17) is 11.6 Å². The summed E-state index contributed by atoms with van der Waals surface area (Å²) in [5.41, 5.74) is 0.554. The highest BCUT2D eigenvalue weighted by Crippen LogP contribution is 2.31. The van der Waals surface area contributed by atoms with Gasteiger partial charge in [0.1, 0.15) is 5.15 Å². The molecule has 0 unspecified atom stereocenters. The van der Waals surface area contributed by atoms with Crippen molar-refractivity contribution in [3.05, 3.63) is 21.1 Å². The van der Waals surface area contributed by atoms with Gasteiger partial charge in [0.25, 0.3) is 5.56 Å². The van der Waals surface area contributed by atoms with Gasteiger partial charge in [-0.05, 0) is 25.7 Å². The Morgan fingerprint density at radius 1 is 1.67 bits per heavy atom. The van der Waals surface area contributed by atoms with Crippen molar-refractivity contribution in [3.8, 4) is 0 Å². The summed E-state index contributed by atoms with van der Waals surface area (Å²) in [6.07, 6.45) is 2.52. The molecule has 0 radical (unpaired) electrons. The fraction of sp³-hybridized carbons (Fsp3) is 0.625. The van der Waals surface area contributed by atoms with Gasteiger partial charge in [-0.1, -0.05) is 11.6 Å². The first-order valence-electron chi connectivity index (χ1n) is 4.13. The molecular formula is C8H11ClN2O. The molecule has 1 aliphatic carbocycles. The maximum atomic E-state index is 11.1. The van der Waals surface area contributed by atoms with E-state index in [1.54, 1.807) is 11.6 Å². The lowest BCUT2D eigenvalue weighted by Gasteiger charge is -2.00. The summed E-state index contributed by atoms with van der Waals surface area (Å²) >= 11 is 5.92. The fourth-order valence-corrected chi connectivity index (χ4v) is 1.43. The zero-order valence-electron chi connectivity index (χ0n) is 6.93. The molecule has 1 saturated carbocycles. The Bertz CT molecular complexity index is 348. The molecule has 0 bridgehead atoms. The minimum Gasteiger partial charge on any atom is -0.273 e. The molecule has 1 aromatic heterocycles. The van der Waals surface area contributed by atoms with E-state index in [0.29, 0.717) is 10.7 Å². The van der Waals surface area contributed by atoms with Crippen LogP contribution in [0.15, 0.2) is 4.79 Å². The highest BCUT2D eigenvalue weighted by Gasteiger charge is 2.23. The predicted octanol–water partition coefficient (Wildman–Crippen LogP) is 1.55. The molecule has 4 heteroatoms. The van der Waals surface area contributed by atoms with Gasteiger partial charge in [-0.25, -0.2) is 0 Å². The summed E-state index contributed by atoms with van der Waals surface area (Å²) in [5.74, 6) is 0.727. The van der Waals surface area contributed by atoms with Gasteiger partial charge in [0.2, 0.25) is 0 Å². The highest BCUT2D eigenvalue weighted by molar-refractivity contribution is 6.30. The van der Waals surface area contributed by atoms with Crippen molar-refractivity contribution < 1.29 is 0 Å². The summed E-state index contributed by atoms with van der Waals surface area (Å²) in [4.78, 5) is 11.1. The lowest BCUT2D eigenvalue weighted by molar-refractivity contribution is 0.560. The molecule has 1 heterocycles. The number of rotatable bonds is 2. The smallest absolute Gasteiger partial charge is 0.268 e. The molecule has 0 aromatic carbocycles. The summed E-state index contributed by atoms with van der Waals surface area (Å²) in [5, 5.41) is 3.28. The Morgan fingerprint density at radius 2 is 2.33 bits per heavy atom. The van der Waals surface area contributed by atoms with Gasteiger partial charge in [0.05, 0.1) is 5.56 Å². The molecule has 0 amide bonds. The maximum absolute atomic E-state index is 11.1. The van der Waals surface area contributed by atoms with Gasteiger partial charge in [-0.3, -0.25) is 14.6 Å². The molecule has 1 fully saturated rings. The summed E-state index contributed by atoms with van der Waals surface area (Å²) in [6.45, 7) is 2.60. The van der Waals surface area contributed by atoms with E-state index in [-0.39, 0.29) is 5.56 Å². The fourth-order valence-electron chi connectivity index (χ4n) is 1.24. The van der Waals surface area contributed by atoms with Crippen LogP contribution in [-0.4, -0.2) is 9.78 Å². The number of H-pyrrole nitrogens is 1. The van der Waals surface area contributed by atoms with E-state index < -0.39 is 0 Å². The average Bonchev–Trinajstić information content (AvgIpc) is 2.80. The highest BCUT2D eigenvalue weighted by atomic mass is 35.5. The van der Waals surface area contributed by atoms with Crippen molar-refractivity contribution in [1.29, 1.82) is 0 Å². The van der Waals surface area contributed by atoms with Gasteiger partial charge in [0, 0.05) is 6.54 Å². The van der Waals surface area contributed by atoms with Crippen molar-refractivity contribution in [3.63, 3.8) is 0 Å². The number of halogens is 1. The van der Waals surface area contributed by atoms with E-state index in [0.717, 1.165) is 12.5 Å². The molecule has 0 spiro atoms. The first-order chi connectivity index (χ1) is 5.68. The molecule has 1 N–H and O–H groups in total. The second-order valence-corrected chi connectivity index (χ2v) is 3.77. The van der Waals surface area contributed by atoms with E-state index in [2.05, 4.69) is 5.10 Å². The lowest BCUT2D eigenvalue weighted by atomic mass is 10.4. The van der Waals surface area contributed by atoms with Gasteiger partial charge in [-0.15, -0.1) is 0 Å². The third kappa shape index (κ3) is 1.29. The Kier molecular flexibility index (Phi) is 1.76. The van der Waals surface area contributed by atoms with Crippen LogP contribution in [0.4, 0.5) is 0 Å². The number of aromatic nitrogens is 2. The first kappa shape index (κ1) is 7.92. The van der Waals surface area contributed by atoms with Crippen molar-refractivity contribution in [2.24, 2.45) is 5.92 Å². The molecule has 66 valence electrons. The molecule has 3 nitrogen and oxygen atoms in total. The van der Waals surface area contributed by atoms with Crippen LogP contribution in [0, 0.1) is 12.8 Å². The standard InChI is InChI=1S/C8H11ClN2O/c1-5-7(9)11(10-8(5)12)4-6-2-3-6/h6H,2-4H2,1H3,(H,10,12). The lowest BCUT2D eigenvalue weighted by Crippen LogP contribution is -2.07. The molecular weight excluding hydrogens is 176 g/mol. The molecule has 1 aromatic rings. The van der Waals surface area contributed by atoms with Crippen molar-refractivity contribution in [2.75, 3.05) is 0 Å². The van der Waals surface area contributed by atoms with E-state index in [1.807, 2.05) is 0 Å². The van der Waals surface area contributed by atoms with Crippen molar-refractivity contribution in [1.82, 2.24) is 9.78 Å². The zero-order valence-corrected chi connectivity index (χ0v) is 7.69. The Balaban J connectivity index is 2.30. The van der Waals surface area contributed by atoms with Gasteiger partial charge in [0.15, 0.2) is 0 Å². The van der Waals surface area contributed by atoms with Gasteiger partial charge >= 0.3 is 0 Å². The number of hydrogen-bond acceptors (Lipinski definition) is 1. The third-order valence-corrected chi connectivity index (χ3v) is 2.75. The van der Waals surface area contributed by atoms with Crippen LogP contribution in [-0.2, 0) is 6.54 Å². The maximum Gasteiger partial charge on any atom is 0.268 e. The summed E-state index contributed by atoms with van der Waals surface area (Å²) < 4.78 is 1.75. The minimum atomic E-state index is -0.0688. The quantitative estimate of drug-likeness (QED) is 0.748. The SMILES string of the molecule is Cc1c(Cl)n(CC2CC2)[nH]c1=O. The molecule has 1 aliphatic rings. The van der Waals surface area contributed by atoms with Crippen molar-refractivity contribution >= 4 is 11.6 Å². The van der Waals surface area contributed by atoms with E-state index >= 15 is 0 Å². The van der Waals surface area contributed by atoms with Crippen LogP contribution in [0.3, 0.4) is 0 Å². The minimum absolute atomic E-state index is 0.0688. The van der Waals surface area contributed by atoms with Gasteiger partial charge in [-0.2, -0.15) is 0 Å². The first-order valence-corrected chi connectivity index (χ1v) is 4.51. The molecule has 2 rings (SSSR count). The van der Waals surface area contributed by atoms with Crippen LogP contribution in [0.25, 0.3) is 0 Å². The molecule has 12 heavy (non-hydrogen) atoms. The zero-order chi connectivity index (χ0) is 8.72. The number of aromatic amines is 1. The Labute approximate surface area is 75.3 Å². The third-order valence-electron chi connectivity index (χ3n) is 2.26. The topological polar surface area (TPSA) is 37.8 Å². The summed E-state index contributed by atoms with van der Waals surface area (Å²) in [7, 11) is 0. The predicted molar refractivity (Wildman–Crippen MR) is 47.5 cm³/mol. The van der Waals surface area contributed by atoms with Crippen molar-refractivity contribution in [2.45, 2.75) is 26.3 Å². The Hall–Kier alpha value is -0.700. The monoisotopic (exact) mass is 186 g/mol. The number of nitrogens with zero attached hydrogens (tertiary/aromatic N) is 1. The molecule has 0 saturated heterocycles. The number of hydrogen-bond donors (Lipinski definition) is 1. The molecule has 0 atom stereocenters. The van der Waals surface area contributed by atoms with Crippen LogP contribution >= 0.6 is 11.6 Å². The second kappa shape index (κ2) is 2.66. The Morgan fingerprint density at radius 3 is 2.75 bits per heavy atom. The summed E-state index contributed by atoms with van der Waals surface area (Å²) in [6, 6.07) is 0. The van der Waals surface area contributed by atoms with E-state index in [9.17, 15) is 4.79 Å². The van der Waals surface area contributed by atoms with Crippen LogP contribution in [0.1, 0.15) is 18.4 Å². The van der Waals surface area contributed by atoms with Gasteiger partial charge < -0.3 is 0 Å². The number of nitrogens with one attached hydrogen (secondary N) is 1. The average molecular weight is 187 g/mol. The normalized spacial score (nSPS) is 16.8. The van der Waals surface area contributed by atoms with Crippen LogP contribution < -0.4 is 5.56 Å². The largest absolute Gasteiger partial charge is 0.273 e. The van der Waals surface area contributed by atoms with Crippen LogP contribution in [0.5, 0.6) is 0 Å². The van der Waals surface area contributed by atoms with E-state index in [1.165, 1.54) is 12.8 Å². The van der Waals surface area contributed by atoms with Crippen LogP contribution in [0.2, 0.25) is 5.15 Å². The molecule has 0 aliphatic heterocycles.